The van der Waals surface area contributed by atoms with Gasteiger partial charge in [-0.2, -0.15) is 21.6 Å². The molecule has 1 aromatic carbocycles. The van der Waals surface area contributed by atoms with E-state index in [1.54, 1.807) is 12.1 Å². The van der Waals surface area contributed by atoms with E-state index >= 15 is 0 Å². The molecule has 8 heteroatoms. The molecular weight excluding hydrogens is 321 g/mol. The van der Waals surface area contributed by atoms with Gasteiger partial charge in [0.15, 0.2) is 0 Å². The van der Waals surface area contributed by atoms with E-state index in [-0.39, 0.29) is 10.8 Å². The standard InChI is InChI=1S/C13H19F3O3SSi/c1-12(2,3)21(4,5)11-9-7-6-8-10(11)19-20(17,18)13(14,15)16/h6-9H,1-5H3. The molecule has 0 heterocycles. The second kappa shape index (κ2) is 5.31. The van der Waals surface area contributed by atoms with Crippen molar-refractivity contribution in [3.8, 4) is 5.75 Å². The lowest BCUT2D eigenvalue weighted by atomic mass is 10.2. The van der Waals surface area contributed by atoms with Gasteiger partial charge in [0.25, 0.3) is 0 Å². The first-order valence-electron chi connectivity index (χ1n) is 6.30. The molecule has 0 N–H and O–H groups in total. The highest BCUT2D eigenvalue weighted by atomic mass is 32.2. The number of benzene rings is 1. The van der Waals surface area contributed by atoms with Crippen LogP contribution in [0.25, 0.3) is 0 Å². The van der Waals surface area contributed by atoms with Gasteiger partial charge in [0.1, 0.15) is 5.75 Å². The van der Waals surface area contributed by atoms with Gasteiger partial charge in [-0.05, 0) is 16.3 Å². The SMILES string of the molecule is CC(C)(C)[Si](C)(C)c1ccccc1OS(=O)(=O)C(F)(F)F. The maximum absolute atomic E-state index is 12.5. The Bertz CT molecular complexity index is 616. The summed E-state index contributed by atoms with van der Waals surface area (Å²) in [5.74, 6) is -0.235. The van der Waals surface area contributed by atoms with Crippen molar-refractivity contribution in [3.63, 3.8) is 0 Å². The largest absolute Gasteiger partial charge is 0.534 e. The smallest absolute Gasteiger partial charge is 0.376 e. The molecule has 0 fully saturated rings. The summed E-state index contributed by atoms with van der Waals surface area (Å²) in [5.41, 5.74) is -5.44. The first-order chi connectivity index (χ1) is 9.20. The molecule has 1 aromatic rings. The van der Waals surface area contributed by atoms with Crippen molar-refractivity contribution in [2.45, 2.75) is 44.4 Å². The van der Waals surface area contributed by atoms with Gasteiger partial charge in [0.05, 0.1) is 8.07 Å². The van der Waals surface area contributed by atoms with Crippen LogP contribution in [0, 0.1) is 0 Å². The van der Waals surface area contributed by atoms with Crippen LogP contribution in [0.1, 0.15) is 20.8 Å². The summed E-state index contributed by atoms with van der Waals surface area (Å²) in [4.78, 5) is 0. The van der Waals surface area contributed by atoms with E-state index in [2.05, 4.69) is 4.18 Å². The van der Waals surface area contributed by atoms with E-state index in [0.29, 0.717) is 5.19 Å². The molecule has 0 aliphatic carbocycles. The molecule has 0 aromatic heterocycles. The van der Waals surface area contributed by atoms with Gasteiger partial charge in [0, 0.05) is 0 Å². The predicted octanol–water partition coefficient (Wildman–Crippen LogP) is 3.63. The van der Waals surface area contributed by atoms with Crippen molar-refractivity contribution in [2.75, 3.05) is 0 Å². The number of para-hydroxylation sites is 1. The zero-order valence-corrected chi connectivity index (χ0v) is 14.4. The Morgan fingerprint density at radius 3 is 1.95 bits per heavy atom. The van der Waals surface area contributed by atoms with Crippen LogP contribution in [-0.4, -0.2) is 22.0 Å². The van der Waals surface area contributed by atoms with Crippen molar-refractivity contribution in [1.29, 1.82) is 0 Å². The average molecular weight is 340 g/mol. The number of hydrogen-bond acceptors (Lipinski definition) is 3. The van der Waals surface area contributed by atoms with Crippen LogP contribution >= 0.6 is 0 Å². The zero-order valence-electron chi connectivity index (χ0n) is 12.6. The maximum Gasteiger partial charge on any atom is 0.534 e. The highest BCUT2D eigenvalue weighted by Gasteiger charge is 2.49. The molecule has 1 rings (SSSR count). The Morgan fingerprint density at radius 1 is 1.05 bits per heavy atom. The number of rotatable bonds is 3. The molecule has 0 spiro atoms. The van der Waals surface area contributed by atoms with E-state index in [0.717, 1.165) is 0 Å². The molecule has 0 atom stereocenters. The fourth-order valence-corrected chi connectivity index (χ4v) is 4.25. The monoisotopic (exact) mass is 340 g/mol. The molecule has 0 saturated heterocycles. The van der Waals surface area contributed by atoms with Gasteiger partial charge in [-0.15, -0.1) is 0 Å². The number of halogens is 3. The zero-order chi connectivity index (χ0) is 16.7. The van der Waals surface area contributed by atoms with Gasteiger partial charge in [-0.1, -0.05) is 52.1 Å². The molecular formula is C13H19F3O3SSi. The third-order valence-corrected chi connectivity index (χ3v) is 10.4. The molecule has 0 bridgehead atoms. The summed E-state index contributed by atoms with van der Waals surface area (Å²) in [6.07, 6.45) is 0. The second-order valence-corrected chi connectivity index (χ2v) is 13.2. The van der Waals surface area contributed by atoms with E-state index in [4.69, 9.17) is 0 Å². The second-order valence-electron chi connectivity index (χ2n) is 6.35. The fourth-order valence-electron chi connectivity index (χ4n) is 1.63. The van der Waals surface area contributed by atoms with Crippen molar-refractivity contribution < 1.29 is 25.8 Å². The van der Waals surface area contributed by atoms with Crippen molar-refractivity contribution in [3.05, 3.63) is 24.3 Å². The van der Waals surface area contributed by atoms with Crippen LogP contribution in [-0.2, 0) is 10.1 Å². The van der Waals surface area contributed by atoms with E-state index in [1.807, 2.05) is 33.9 Å². The maximum atomic E-state index is 12.5. The first kappa shape index (κ1) is 18.0. The van der Waals surface area contributed by atoms with Crippen LogP contribution < -0.4 is 9.37 Å². The van der Waals surface area contributed by atoms with Crippen LogP contribution in [0.15, 0.2) is 24.3 Å². The quantitative estimate of drug-likeness (QED) is 0.479. The summed E-state index contributed by atoms with van der Waals surface area (Å²) >= 11 is 0. The number of hydrogen-bond donors (Lipinski definition) is 0. The molecule has 0 amide bonds. The Kier molecular flexibility index (Phi) is 4.56. The lowest BCUT2D eigenvalue weighted by Crippen LogP contribution is -2.50. The summed E-state index contributed by atoms with van der Waals surface area (Å²) in [5, 5.41) is 0.374. The molecule has 21 heavy (non-hydrogen) atoms. The molecule has 0 radical (unpaired) electrons. The third kappa shape index (κ3) is 3.60. The van der Waals surface area contributed by atoms with Crippen LogP contribution in [0.4, 0.5) is 13.2 Å². The van der Waals surface area contributed by atoms with Crippen molar-refractivity contribution >= 4 is 23.4 Å². The predicted molar refractivity (Wildman–Crippen MR) is 78.9 cm³/mol. The minimum absolute atomic E-state index is 0.172. The Morgan fingerprint density at radius 2 is 1.52 bits per heavy atom. The van der Waals surface area contributed by atoms with Crippen LogP contribution in [0.2, 0.25) is 18.1 Å². The van der Waals surface area contributed by atoms with Gasteiger partial charge in [-0.3, -0.25) is 0 Å². The van der Waals surface area contributed by atoms with Crippen molar-refractivity contribution in [1.82, 2.24) is 0 Å². The van der Waals surface area contributed by atoms with Crippen molar-refractivity contribution in [2.24, 2.45) is 0 Å². The van der Waals surface area contributed by atoms with Gasteiger partial charge < -0.3 is 4.18 Å². The van der Waals surface area contributed by atoms with Crippen LogP contribution in [0.5, 0.6) is 5.75 Å². The molecule has 0 unspecified atom stereocenters. The van der Waals surface area contributed by atoms with E-state index in [9.17, 15) is 21.6 Å². The minimum Gasteiger partial charge on any atom is -0.376 e. The topological polar surface area (TPSA) is 43.4 Å². The Hall–Kier alpha value is -1.02. The van der Waals surface area contributed by atoms with Crippen LogP contribution in [0.3, 0.4) is 0 Å². The molecule has 0 aliphatic heterocycles. The molecule has 0 aliphatic rings. The summed E-state index contributed by atoms with van der Waals surface area (Å²) < 4.78 is 64.2. The Labute approximate surface area is 124 Å². The van der Waals surface area contributed by atoms with E-state index in [1.165, 1.54) is 12.1 Å². The summed E-state index contributed by atoms with van der Waals surface area (Å²) in [6.45, 7) is 9.88. The fraction of sp³-hybridized carbons (Fsp3) is 0.538. The lowest BCUT2D eigenvalue weighted by molar-refractivity contribution is -0.0499. The molecule has 0 saturated carbocycles. The molecule has 3 nitrogen and oxygen atoms in total. The summed E-state index contributed by atoms with van der Waals surface area (Å²) in [7, 11) is -7.90. The van der Waals surface area contributed by atoms with Gasteiger partial charge in [-0.25, -0.2) is 0 Å². The number of alkyl halides is 3. The highest BCUT2D eigenvalue weighted by molar-refractivity contribution is 7.88. The highest BCUT2D eigenvalue weighted by Crippen LogP contribution is 2.38. The third-order valence-electron chi connectivity index (χ3n) is 3.92. The van der Waals surface area contributed by atoms with Gasteiger partial charge >= 0.3 is 15.6 Å². The minimum atomic E-state index is -5.66. The lowest BCUT2D eigenvalue weighted by Gasteiger charge is -2.38. The van der Waals surface area contributed by atoms with Gasteiger partial charge in [0.2, 0.25) is 0 Å². The van der Waals surface area contributed by atoms with E-state index < -0.39 is 23.7 Å². The average Bonchev–Trinajstić information content (AvgIpc) is 2.25. The summed E-state index contributed by atoms with van der Waals surface area (Å²) in [6, 6.07) is 6.03. The normalized spacial score (nSPS) is 14.1. The first-order valence-corrected chi connectivity index (χ1v) is 10.7. The Balaban J connectivity index is 3.37. The molecule has 120 valence electrons.